The molecule has 0 aromatic carbocycles. The summed E-state index contributed by atoms with van der Waals surface area (Å²) in [6, 6.07) is 0. The Balaban J connectivity index is 2.11. The molecule has 0 saturated heterocycles. The van der Waals surface area contributed by atoms with E-state index >= 15 is 0 Å². The molecule has 0 spiro atoms. The van der Waals surface area contributed by atoms with Gasteiger partial charge in [-0.05, 0) is 37.0 Å². The summed E-state index contributed by atoms with van der Waals surface area (Å²) in [5.41, 5.74) is 9.58. The number of hydrogen-bond donors (Lipinski definition) is 2. The van der Waals surface area contributed by atoms with Crippen molar-refractivity contribution in [3.63, 3.8) is 0 Å². The van der Waals surface area contributed by atoms with E-state index in [0.717, 1.165) is 32.2 Å². The van der Waals surface area contributed by atoms with Crippen LogP contribution in [0.15, 0.2) is 14.9 Å². The molecule has 0 bridgehead atoms. The lowest BCUT2D eigenvalue weighted by atomic mass is 10.2. The standard InChI is InChI=1S/C11H19N7O2/c1-9-11(17-20-16-9)10(15-19)8-13-6-4-2-3-5-7-14-18-12/h13,19H,2-8H2,1H3/b15-10+. The fourth-order valence-corrected chi connectivity index (χ4v) is 1.70. The average molecular weight is 281 g/mol. The summed E-state index contributed by atoms with van der Waals surface area (Å²) in [4.78, 5) is 2.70. The largest absolute Gasteiger partial charge is 0.411 e. The monoisotopic (exact) mass is 281 g/mol. The van der Waals surface area contributed by atoms with Gasteiger partial charge in [0.15, 0.2) is 5.69 Å². The summed E-state index contributed by atoms with van der Waals surface area (Å²) in [6.07, 6.45) is 4.01. The number of nitrogens with zero attached hydrogens (tertiary/aromatic N) is 6. The molecular formula is C11H19N7O2. The second-order valence-corrected chi connectivity index (χ2v) is 4.29. The predicted octanol–water partition coefficient (Wildman–Crippen LogP) is 2.02. The lowest BCUT2D eigenvalue weighted by molar-refractivity contribution is 0.301. The van der Waals surface area contributed by atoms with E-state index in [0.29, 0.717) is 30.2 Å². The number of hydrogen-bond acceptors (Lipinski definition) is 7. The fourth-order valence-electron chi connectivity index (χ4n) is 1.70. The van der Waals surface area contributed by atoms with E-state index in [9.17, 15) is 0 Å². The predicted molar refractivity (Wildman–Crippen MR) is 72.7 cm³/mol. The summed E-state index contributed by atoms with van der Waals surface area (Å²) in [6.45, 7) is 3.51. The Bertz CT molecular complexity index is 465. The highest BCUT2D eigenvalue weighted by Crippen LogP contribution is 2.03. The first-order valence-electron chi connectivity index (χ1n) is 6.51. The van der Waals surface area contributed by atoms with Gasteiger partial charge >= 0.3 is 0 Å². The topological polar surface area (TPSA) is 132 Å². The third-order valence-electron chi connectivity index (χ3n) is 2.76. The normalized spacial score (nSPS) is 11.3. The molecule has 0 amide bonds. The van der Waals surface area contributed by atoms with Crippen molar-refractivity contribution < 1.29 is 9.84 Å². The van der Waals surface area contributed by atoms with Gasteiger partial charge in [0, 0.05) is 18.0 Å². The van der Waals surface area contributed by atoms with E-state index in [1.807, 2.05) is 0 Å². The third-order valence-corrected chi connectivity index (χ3v) is 2.76. The Labute approximate surface area is 116 Å². The quantitative estimate of drug-likeness (QED) is 0.129. The first kappa shape index (κ1) is 15.9. The molecule has 0 aliphatic carbocycles. The smallest absolute Gasteiger partial charge is 0.156 e. The molecular weight excluding hydrogens is 262 g/mol. The minimum Gasteiger partial charge on any atom is -0.411 e. The molecule has 9 nitrogen and oxygen atoms in total. The number of rotatable bonds is 10. The molecule has 1 heterocycles. The fraction of sp³-hybridized carbons (Fsp3) is 0.727. The summed E-state index contributed by atoms with van der Waals surface area (Å²) >= 11 is 0. The van der Waals surface area contributed by atoms with Crippen LogP contribution in [-0.4, -0.2) is 40.9 Å². The zero-order valence-electron chi connectivity index (χ0n) is 11.5. The van der Waals surface area contributed by atoms with Crippen LogP contribution in [0, 0.1) is 6.92 Å². The molecule has 20 heavy (non-hydrogen) atoms. The Kier molecular flexibility index (Phi) is 7.78. The number of oxime groups is 1. The van der Waals surface area contributed by atoms with Crippen molar-refractivity contribution in [3.05, 3.63) is 21.8 Å². The van der Waals surface area contributed by atoms with Crippen molar-refractivity contribution in [2.75, 3.05) is 19.6 Å². The molecule has 1 aromatic heterocycles. The van der Waals surface area contributed by atoms with Crippen LogP contribution in [0.25, 0.3) is 10.4 Å². The van der Waals surface area contributed by atoms with Gasteiger partial charge in [-0.1, -0.05) is 28.3 Å². The molecule has 0 atom stereocenters. The maximum atomic E-state index is 8.94. The molecule has 9 heteroatoms. The van der Waals surface area contributed by atoms with Crippen LogP contribution < -0.4 is 5.32 Å². The Morgan fingerprint density at radius 1 is 1.35 bits per heavy atom. The lowest BCUT2D eigenvalue weighted by Crippen LogP contribution is -2.25. The van der Waals surface area contributed by atoms with E-state index in [2.05, 4.69) is 35.4 Å². The summed E-state index contributed by atoms with van der Waals surface area (Å²) < 4.78 is 4.57. The summed E-state index contributed by atoms with van der Waals surface area (Å²) in [5, 5.41) is 26.1. The van der Waals surface area contributed by atoms with Crippen LogP contribution >= 0.6 is 0 Å². The highest BCUT2D eigenvalue weighted by molar-refractivity contribution is 6.00. The van der Waals surface area contributed by atoms with E-state index in [1.54, 1.807) is 6.92 Å². The Morgan fingerprint density at radius 3 is 2.80 bits per heavy atom. The molecule has 1 rings (SSSR count). The highest BCUT2D eigenvalue weighted by Gasteiger charge is 2.12. The van der Waals surface area contributed by atoms with Crippen LogP contribution in [0.3, 0.4) is 0 Å². The van der Waals surface area contributed by atoms with Gasteiger partial charge < -0.3 is 10.5 Å². The van der Waals surface area contributed by atoms with Gasteiger partial charge in [-0.3, -0.25) is 0 Å². The van der Waals surface area contributed by atoms with Crippen molar-refractivity contribution in [3.8, 4) is 0 Å². The second-order valence-electron chi connectivity index (χ2n) is 4.29. The molecule has 110 valence electrons. The van der Waals surface area contributed by atoms with Crippen molar-refractivity contribution >= 4 is 5.71 Å². The highest BCUT2D eigenvalue weighted by atomic mass is 16.6. The van der Waals surface area contributed by atoms with Crippen molar-refractivity contribution in [1.29, 1.82) is 0 Å². The number of unbranched alkanes of at least 4 members (excludes halogenated alkanes) is 3. The van der Waals surface area contributed by atoms with E-state index in [-0.39, 0.29) is 0 Å². The lowest BCUT2D eigenvalue weighted by Gasteiger charge is -2.04. The molecule has 0 radical (unpaired) electrons. The molecule has 0 aliphatic heterocycles. The minimum absolute atomic E-state index is 0.407. The van der Waals surface area contributed by atoms with Crippen molar-refractivity contribution in [1.82, 2.24) is 15.6 Å². The summed E-state index contributed by atoms with van der Waals surface area (Å²) in [5.74, 6) is 0. The van der Waals surface area contributed by atoms with Crippen LogP contribution in [0.2, 0.25) is 0 Å². The average Bonchev–Trinajstić information content (AvgIpc) is 2.87. The van der Waals surface area contributed by atoms with Gasteiger partial charge in [-0.15, -0.1) is 0 Å². The second kappa shape index (κ2) is 9.76. The van der Waals surface area contributed by atoms with Gasteiger partial charge in [0.05, 0.1) is 0 Å². The number of azide groups is 1. The van der Waals surface area contributed by atoms with E-state index < -0.39 is 0 Å². The zero-order chi connectivity index (χ0) is 14.6. The third kappa shape index (κ3) is 5.68. The molecule has 1 aromatic rings. The Morgan fingerprint density at radius 2 is 2.15 bits per heavy atom. The van der Waals surface area contributed by atoms with Gasteiger partial charge in [-0.25, -0.2) is 4.63 Å². The molecule has 2 N–H and O–H groups in total. The molecule has 0 unspecified atom stereocenters. The first-order chi connectivity index (χ1) is 9.79. The number of aryl methyl sites for hydroxylation is 1. The minimum atomic E-state index is 0.407. The molecule has 0 aliphatic rings. The molecule has 0 saturated carbocycles. The summed E-state index contributed by atoms with van der Waals surface area (Å²) in [7, 11) is 0. The number of aromatic nitrogens is 2. The van der Waals surface area contributed by atoms with Gasteiger partial charge in [-0.2, -0.15) is 0 Å². The van der Waals surface area contributed by atoms with E-state index in [1.165, 1.54) is 0 Å². The van der Waals surface area contributed by atoms with Gasteiger partial charge in [0.2, 0.25) is 0 Å². The van der Waals surface area contributed by atoms with E-state index in [4.69, 9.17) is 10.7 Å². The van der Waals surface area contributed by atoms with Crippen LogP contribution in [0.5, 0.6) is 0 Å². The van der Waals surface area contributed by atoms with Gasteiger partial charge in [0.1, 0.15) is 11.4 Å². The van der Waals surface area contributed by atoms with Crippen LogP contribution in [0.1, 0.15) is 37.1 Å². The van der Waals surface area contributed by atoms with Crippen molar-refractivity contribution in [2.24, 2.45) is 10.3 Å². The van der Waals surface area contributed by atoms with Crippen LogP contribution in [-0.2, 0) is 0 Å². The molecule has 0 fully saturated rings. The van der Waals surface area contributed by atoms with Crippen molar-refractivity contribution in [2.45, 2.75) is 32.6 Å². The Hall–Kier alpha value is -2.12. The maximum Gasteiger partial charge on any atom is 0.156 e. The first-order valence-corrected chi connectivity index (χ1v) is 6.51. The maximum absolute atomic E-state index is 8.94. The number of nitrogens with one attached hydrogen (secondary N) is 1. The zero-order valence-corrected chi connectivity index (χ0v) is 11.5. The SMILES string of the molecule is Cc1nonc1/C(CNCCCCCCN=[N+]=[N-])=N/O. The van der Waals surface area contributed by atoms with Crippen LogP contribution in [0.4, 0.5) is 0 Å². The van der Waals surface area contributed by atoms with Gasteiger partial charge in [0.25, 0.3) is 0 Å².